The number of amides is 1. The van der Waals surface area contributed by atoms with Crippen molar-refractivity contribution in [3.8, 4) is 0 Å². The normalized spacial score (nSPS) is 43.7. The Morgan fingerprint density at radius 1 is 0.714 bits per heavy atom. The Hall–Kier alpha value is -1.78. The van der Waals surface area contributed by atoms with Crippen molar-refractivity contribution in [1.82, 2.24) is 5.32 Å². The Kier molecular flexibility index (Phi) is 15.3. The molecular weight excluding hydrogens is 705 g/mol. The molecule has 6 rings (SSSR count). The smallest absolute Gasteiger partial charge is 0.300 e. The van der Waals surface area contributed by atoms with Crippen molar-refractivity contribution in [2.45, 2.75) is 157 Å². The molecule has 0 aromatic carbocycles. The minimum atomic E-state index is -0.833. The molecule has 0 bridgehead atoms. The lowest BCUT2D eigenvalue weighted by Crippen LogP contribution is -2.54. The maximum absolute atomic E-state index is 12.7. The highest BCUT2D eigenvalue weighted by molar-refractivity contribution is 5.81. The minimum Gasteiger partial charge on any atom is -0.481 e. The number of carboxylic acids is 1. The van der Waals surface area contributed by atoms with E-state index in [-0.39, 0.29) is 70.2 Å². The zero-order valence-corrected chi connectivity index (χ0v) is 36.5. The summed E-state index contributed by atoms with van der Waals surface area (Å²) in [5.41, 5.74) is 9.30. The van der Waals surface area contributed by atoms with Crippen LogP contribution in [0.2, 0.25) is 0 Å². The summed E-state index contributed by atoms with van der Waals surface area (Å²) in [7, 11) is 0. The Morgan fingerprint density at radius 2 is 1.11 bits per heavy atom. The summed E-state index contributed by atoms with van der Waals surface area (Å²) in [5.74, 6) is 2.76. The van der Waals surface area contributed by atoms with Gasteiger partial charge in [0.2, 0.25) is 5.91 Å². The van der Waals surface area contributed by atoms with Gasteiger partial charge in [-0.25, -0.2) is 0 Å². The first-order chi connectivity index (χ1) is 26.0. The van der Waals surface area contributed by atoms with E-state index in [1.807, 2.05) is 20.8 Å². The molecule has 9 nitrogen and oxygen atoms in total. The molecule has 0 aromatic heterocycles. The molecule has 0 unspecified atom stereocenters. The number of nitrogens with one attached hydrogen (secondary N) is 1. The average molecular weight is 787 g/mol. The van der Waals surface area contributed by atoms with Crippen LogP contribution in [0.25, 0.3) is 0 Å². The summed E-state index contributed by atoms with van der Waals surface area (Å²) in [6.45, 7) is 27.0. The van der Waals surface area contributed by atoms with Crippen molar-refractivity contribution in [2.24, 2.45) is 80.2 Å². The van der Waals surface area contributed by atoms with E-state index in [1.165, 1.54) is 30.4 Å². The van der Waals surface area contributed by atoms with Gasteiger partial charge in [0.15, 0.2) is 0 Å². The predicted octanol–water partition coefficient (Wildman–Crippen LogP) is 7.50. The molecule has 14 atom stereocenters. The maximum Gasteiger partial charge on any atom is 0.300 e. The molecule has 56 heavy (non-hydrogen) atoms. The molecule has 8 N–H and O–H groups in total. The number of nitrogens with two attached hydrogens (primary N) is 1. The number of fused-ring (bicyclic) bond motifs is 2. The second kappa shape index (κ2) is 18.2. The van der Waals surface area contributed by atoms with Crippen LogP contribution in [0.4, 0.5) is 0 Å². The van der Waals surface area contributed by atoms with Gasteiger partial charge in [-0.15, -0.1) is 0 Å². The molecular formula is C47H82N2O7. The molecule has 0 aromatic rings. The van der Waals surface area contributed by atoms with Gasteiger partial charge in [0.25, 0.3) is 5.97 Å². The van der Waals surface area contributed by atoms with E-state index < -0.39 is 5.97 Å². The standard InChI is InChI=1S/C25H43NO3.C20H35NO2.C2H4O2/c1-16-7-8-20-19(14-26-22(29)23(2,3)4)21(10-12-24(16,20)5)25(6)11-9-18(28)13-17(25)15-27;1-13-4-5-17-16(11-21)18(7-9-19(13,17)2)20(3)8-6-15(23)10-14(20)12-22;1-2(3)4/h17-21,27-28H,1,7-15H2,2-6H3,(H,26,29);14-18,22-23H,1,4-12,21H2,2-3H3;1H3,(H,3,4)/t17-,18+,19+,20+,21+,24-,25+;14-,15+,16+,17+,18+,19-,20+;/m11./s1. The number of rotatable bonds is 7. The first-order valence-electron chi connectivity index (χ1n) is 22.2. The van der Waals surface area contributed by atoms with Gasteiger partial charge >= 0.3 is 0 Å². The van der Waals surface area contributed by atoms with Crippen LogP contribution in [0, 0.1) is 74.4 Å². The van der Waals surface area contributed by atoms with Crippen LogP contribution in [0.3, 0.4) is 0 Å². The molecule has 9 heteroatoms. The number of aliphatic hydroxyl groups excluding tert-OH is 4. The van der Waals surface area contributed by atoms with Crippen molar-refractivity contribution in [3.63, 3.8) is 0 Å². The topological polar surface area (TPSA) is 173 Å². The Bertz CT molecular complexity index is 1390. The van der Waals surface area contributed by atoms with Crippen LogP contribution < -0.4 is 11.1 Å². The van der Waals surface area contributed by atoms with Gasteiger partial charge < -0.3 is 36.6 Å². The molecule has 0 saturated heterocycles. The Balaban J connectivity index is 0.000000232. The van der Waals surface area contributed by atoms with Crippen LogP contribution >= 0.6 is 0 Å². The molecule has 6 aliphatic carbocycles. The number of hydrogen-bond acceptors (Lipinski definition) is 7. The zero-order chi connectivity index (χ0) is 42.0. The fraction of sp³-hybridized carbons (Fsp3) is 0.872. The Morgan fingerprint density at radius 3 is 1.48 bits per heavy atom. The number of aliphatic hydroxyl groups is 4. The van der Waals surface area contributed by atoms with Crippen molar-refractivity contribution in [2.75, 3.05) is 26.3 Å². The van der Waals surface area contributed by atoms with Gasteiger partial charge in [-0.3, -0.25) is 9.59 Å². The highest BCUT2D eigenvalue weighted by atomic mass is 16.4. The number of aliphatic carboxylic acids is 1. The van der Waals surface area contributed by atoms with Gasteiger partial charge in [-0.2, -0.15) is 0 Å². The SMILES string of the molecule is C=C1CC[C@H]2[C@H](CN)[C@@H]([C@@]3(C)CC[C@H](O)C[C@@H]3CO)CC[C@]12C.C=C1CC[C@H]2[C@H](CNC(=O)C(C)(C)C)[C@@H]([C@@]3(C)CC[C@H](O)C[C@@H]3CO)CC[C@]12C.CC(=O)O. The molecule has 0 heterocycles. The second-order valence-corrected chi connectivity index (χ2v) is 21.3. The molecule has 6 saturated carbocycles. The van der Waals surface area contributed by atoms with Gasteiger partial charge in [-0.05, 0) is 165 Å². The monoisotopic (exact) mass is 787 g/mol. The third kappa shape index (κ3) is 9.32. The van der Waals surface area contributed by atoms with E-state index in [9.17, 15) is 25.2 Å². The van der Waals surface area contributed by atoms with E-state index in [2.05, 4.69) is 46.2 Å². The number of allylic oxidation sites excluding steroid dienone is 2. The summed E-state index contributed by atoms with van der Waals surface area (Å²) >= 11 is 0. The summed E-state index contributed by atoms with van der Waals surface area (Å²) in [6.07, 6.45) is 13.9. The van der Waals surface area contributed by atoms with E-state index in [0.717, 1.165) is 77.7 Å². The summed E-state index contributed by atoms with van der Waals surface area (Å²) < 4.78 is 0. The quantitative estimate of drug-likeness (QED) is 0.130. The van der Waals surface area contributed by atoms with E-state index in [4.69, 9.17) is 15.6 Å². The second-order valence-electron chi connectivity index (χ2n) is 21.3. The van der Waals surface area contributed by atoms with Crippen LogP contribution in [0.15, 0.2) is 24.3 Å². The van der Waals surface area contributed by atoms with Crippen molar-refractivity contribution >= 4 is 11.9 Å². The molecule has 322 valence electrons. The molecule has 0 radical (unpaired) electrons. The van der Waals surface area contributed by atoms with Gasteiger partial charge in [0.05, 0.1) is 12.2 Å². The zero-order valence-electron chi connectivity index (χ0n) is 36.5. The first-order valence-corrected chi connectivity index (χ1v) is 22.2. The average Bonchev–Trinajstić information content (AvgIpc) is 3.61. The minimum absolute atomic E-state index is 0.0103. The summed E-state index contributed by atoms with van der Waals surface area (Å²) in [4.78, 5) is 21.7. The maximum atomic E-state index is 12.7. The van der Waals surface area contributed by atoms with E-state index in [1.54, 1.807) is 0 Å². The van der Waals surface area contributed by atoms with Crippen molar-refractivity contribution in [1.29, 1.82) is 0 Å². The van der Waals surface area contributed by atoms with Crippen LogP contribution in [-0.4, -0.2) is 75.9 Å². The van der Waals surface area contributed by atoms with Gasteiger partial charge in [-0.1, -0.05) is 72.8 Å². The predicted molar refractivity (Wildman–Crippen MR) is 224 cm³/mol. The van der Waals surface area contributed by atoms with Crippen molar-refractivity contribution < 1.29 is 35.1 Å². The number of carboxylic acid groups (broad SMARTS) is 1. The lowest BCUT2D eigenvalue weighted by Gasteiger charge is -2.56. The molecule has 6 fully saturated rings. The first kappa shape index (κ1) is 46.9. The van der Waals surface area contributed by atoms with E-state index >= 15 is 0 Å². The lowest BCUT2D eigenvalue weighted by molar-refractivity contribution is -0.134. The van der Waals surface area contributed by atoms with Crippen LogP contribution in [0.5, 0.6) is 0 Å². The molecule has 6 aliphatic rings. The molecule has 1 amide bonds. The number of hydrogen-bond donors (Lipinski definition) is 7. The van der Waals surface area contributed by atoms with Gasteiger partial charge in [0, 0.05) is 32.1 Å². The van der Waals surface area contributed by atoms with Gasteiger partial charge in [0.1, 0.15) is 0 Å². The fourth-order valence-corrected chi connectivity index (χ4v) is 13.5. The van der Waals surface area contributed by atoms with Crippen LogP contribution in [0.1, 0.15) is 145 Å². The van der Waals surface area contributed by atoms with E-state index in [0.29, 0.717) is 48.5 Å². The largest absolute Gasteiger partial charge is 0.481 e. The number of carbonyl (C=O) groups is 2. The highest BCUT2D eigenvalue weighted by Crippen LogP contribution is 2.65. The third-order valence-corrected chi connectivity index (χ3v) is 17.4. The molecule has 0 aliphatic heterocycles. The summed E-state index contributed by atoms with van der Waals surface area (Å²) in [5, 5.41) is 51.1. The van der Waals surface area contributed by atoms with Crippen molar-refractivity contribution in [3.05, 3.63) is 24.3 Å². The Labute approximate surface area is 339 Å². The highest BCUT2D eigenvalue weighted by Gasteiger charge is 2.58. The summed E-state index contributed by atoms with van der Waals surface area (Å²) in [6, 6.07) is 0. The number of carbonyl (C=O) groups excluding carboxylic acids is 1. The molecule has 0 spiro atoms. The fourth-order valence-electron chi connectivity index (χ4n) is 13.5. The lowest BCUT2D eigenvalue weighted by atomic mass is 9.49. The van der Waals surface area contributed by atoms with Crippen LogP contribution in [-0.2, 0) is 9.59 Å². The third-order valence-electron chi connectivity index (χ3n) is 17.4.